The van der Waals surface area contributed by atoms with E-state index in [1.165, 1.54) is 0 Å². The van der Waals surface area contributed by atoms with E-state index < -0.39 is 46.5 Å². The molecule has 2 aromatic rings. The van der Waals surface area contributed by atoms with E-state index in [1.54, 1.807) is 0 Å². The average Bonchev–Trinajstić information content (AvgIpc) is 2.48. The maximum atomic E-state index is 13.6. The Labute approximate surface area is 136 Å². The summed E-state index contributed by atoms with van der Waals surface area (Å²) in [6.45, 7) is 0. The molecular weight excluding hydrogens is 357 g/mol. The molecule has 2 aromatic carbocycles. The number of benzene rings is 2. The van der Waals surface area contributed by atoms with Gasteiger partial charge >= 0.3 is 12.4 Å². The van der Waals surface area contributed by atoms with Gasteiger partial charge in [0.05, 0.1) is 16.8 Å². The van der Waals surface area contributed by atoms with Crippen molar-refractivity contribution in [1.82, 2.24) is 0 Å². The number of alkyl halides is 6. The second-order valence-electron chi connectivity index (χ2n) is 4.99. The first kappa shape index (κ1) is 18.6. The van der Waals surface area contributed by atoms with Crippen LogP contribution in [-0.4, -0.2) is 5.91 Å². The van der Waals surface area contributed by atoms with Crippen molar-refractivity contribution >= 4 is 17.3 Å². The fraction of sp³-hybridized carbons (Fsp3) is 0.133. The van der Waals surface area contributed by atoms with Gasteiger partial charge in [-0.1, -0.05) is 0 Å². The van der Waals surface area contributed by atoms with Crippen molar-refractivity contribution in [3.63, 3.8) is 0 Å². The molecule has 0 radical (unpaired) electrons. The predicted molar refractivity (Wildman–Crippen MR) is 75.2 cm³/mol. The van der Waals surface area contributed by atoms with Crippen molar-refractivity contribution < 1.29 is 35.5 Å². The highest BCUT2D eigenvalue weighted by atomic mass is 19.4. The number of carbonyl (C=O) groups is 1. The van der Waals surface area contributed by atoms with Crippen molar-refractivity contribution in [2.75, 3.05) is 11.1 Å². The lowest BCUT2D eigenvalue weighted by atomic mass is 10.0. The Kier molecular flexibility index (Phi) is 4.65. The number of hydrogen-bond donors (Lipinski definition) is 2. The van der Waals surface area contributed by atoms with Crippen LogP contribution in [0, 0.1) is 5.82 Å². The van der Waals surface area contributed by atoms with Crippen LogP contribution in [0.2, 0.25) is 0 Å². The van der Waals surface area contributed by atoms with Gasteiger partial charge in [-0.2, -0.15) is 26.3 Å². The number of anilines is 2. The van der Waals surface area contributed by atoms with Crippen LogP contribution in [0.1, 0.15) is 21.5 Å². The van der Waals surface area contributed by atoms with Crippen molar-refractivity contribution in [2.24, 2.45) is 0 Å². The molecule has 2 rings (SSSR count). The van der Waals surface area contributed by atoms with Gasteiger partial charge in [-0.15, -0.1) is 0 Å². The SMILES string of the molecule is Nc1ccc(F)c(NC(=O)c2cc(C(F)(F)F)cc(C(F)(F)F)c2)c1. The summed E-state index contributed by atoms with van der Waals surface area (Å²) in [5, 5.41) is 1.90. The summed E-state index contributed by atoms with van der Waals surface area (Å²) >= 11 is 0. The van der Waals surface area contributed by atoms with E-state index in [4.69, 9.17) is 5.73 Å². The summed E-state index contributed by atoms with van der Waals surface area (Å²) in [7, 11) is 0. The van der Waals surface area contributed by atoms with E-state index in [0.717, 1.165) is 18.2 Å². The lowest BCUT2D eigenvalue weighted by molar-refractivity contribution is -0.143. The lowest BCUT2D eigenvalue weighted by Gasteiger charge is -2.14. The second-order valence-corrected chi connectivity index (χ2v) is 4.99. The number of carbonyl (C=O) groups excluding carboxylic acids is 1. The third-order valence-electron chi connectivity index (χ3n) is 3.09. The largest absolute Gasteiger partial charge is 0.416 e. The molecule has 1 amide bonds. The second kappa shape index (κ2) is 6.26. The standard InChI is InChI=1S/C15H9F7N2O/c16-11-2-1-10(23)6-12(11)24-13(25)7-3-8(14(17,18)19)5-9(4-7)15(20,21)22/h1-6H,23H2,(H,24,25). The first-order chi connectivity index (χ1) is 11.4. The Balaban J connectivity index is 2.46. The molecule has 0 aliphatic carbocycles. The van der Waals surface area contributed by atoms with E-state index in [-0.39, 0.29) is 23.9 Å². The molecule has 0 saturated carbocycles. The molecule has 0 unspecified atom stereocenters. The molecule has 0 aliphatic heterocycles. The molecule has 0 aromatic heterocycles. The van der Waals surface area contributed by atoms with Crippen molar-refractivity contribution in [3.8, 4) is 0 Å². The Hall–Kier alpha value is -2.78. The fourth-order valence-electron chi connectivity index (χ4n) is 1.92. The first-order valence-corrected chi connectivity index (χ1v) is 6.54. The lowest BCUT2D eigenvalue weighted by Crippen LogP contribution is -2.17. The molecule has 0 bridgehead atoms. The van der Waals surface area contributed by atoms with Crippen LogP contribution in [0.25, 0.3) is 0 Å². The number of amides is 1. The van der Waals surface area contributed by atoms with Crippen LogP contribution in [0.3, 0.4) is 0 Å². The third-order valence-corrected chi connectivity index (χ3v) is 3.09. The zero-order valence-corrected chi connectivity index (χ0v) is 12.1. The number of hydrogen-bond acceptors (Lipinski definition) is 2. The summed E-state index contributed by atoms with van der Waals surface area (Å²) < 4.78 is 90.2. The molecule has 0 saturated heterocycles. The van der Waals surface area contributed by atoms with Gasteiger partial charge in [-0.3, -0.25) is 4.79 Å². The molecule has 10 heteroatoms. The van der Waals surface area contributed by atoms with Crippen LogP contribution in [0.15, 0.2) is 36.4 Å². The molecule has 134 valence electrons. The van der Waals surface area contributed by atoms with Crippen LogP contribution >= 0.6 is 0 Å². The highest BCUT2D eigenvalue weighted by Gasteiger charge is 2.37. The maximum absolute atomic E-state index is 13.6. The summed E-state index contributed by atoms with van der Waals surface area (Å²) in [5.41, 5.74) is 0.720. The molecular formula is C15H9F7N2O. The van der Waals surface area contributed by atoms with Crippen LogP contribution < -0.4 is 11.1 Å². The number of nitrogen functional groups attached to an aromatic ring is 1. The van der Waals surface area contributed by atoms with Gasteiger partial charge in [0, 0.05) is 11.3 Å². The van der Waals surface area contributed by atoms with Crippen molar-refractivity contribution in [2.45, 2.75) is 12.4 Å². The van der Waals surface area contributed by atoms with Gasteiger partial charge in [-0.05, 0) is 36.4 Å². The van der Waals surface area contributed by atoms with Crippen molar-refractivity contribution in [3.05, 3.63) is 58.9 Å². The van der Waals surface area contributed by atoms with E-state index >= 15 is 0 Å². The Morgan fingerprint density at radius 1 is 0.880 bits per heavy atom. The molecule has 25 heavy (non-hydrogen) atoms. The van der Waals surface area contributed by atoms with Crippen LogP contribution in [0.5, 0.6) is 0 Å². The number of rotatable bonds is 2. The quantitative estimate of drug-likeness (QED) is 0.598. The number of nitrogens with one attached hydrogen (secondary N) is 1. The Morgan fingerprint density at radius 2 is 1.40 bits per heavy atom. The predicted octanol–water partition coefficient (Wildman–Crippen LogP) is 4.70. The van der Waals surface area contributed by atoms with Gasteiger partial charge < -0.3 is 11.1 Å². The van der Waals surface area contributed by atoms with Crippen LogP contribution in [-0.2, 0) is 12.4 Å². The minimum Gasteiger partial charge on any atom is -0.399 e. The molecule has 0 spiro atoms. The summed E-state index contributed by atoms with van der Waals surface area (Å²) in [6.07, 6.45) is -10.2. The fourth-order valence-corrected chi connectivity index (χ4v) is 1.92. The van der Waals surface area contributed by atoms with E-state index in [9.17, 15) is 35.5 Å². The minimum atomic E-state index is -5.10. The average molecular weight is 366 g/mol. The van der Waals surface area contributed by atoms with Crippen molar-refractivity contribution in [1.29, 1.82) is 0 Å². The van der Waals surface area contributed by atoms with Gasteiger partial charge in [0.25, 0.3) is 5.91 Å². The molecule has 3 N–H and O–H groups in total. The van der Waals surface area contributed by atoms with E-state index in [0.29, 0.717) is 0 Å². The Bertz CT molecular complexity index is 780. The first-order valence-electron chi connectivity index (χ1n) is 6.54. The third kappa shape index (κ3) is 4.40. The molecule has 0 fully saturated rings. The highest BCUT2D eigenvalue weighted by Crippen LogP contribution is 2.36. The summed E-state index contributed by atoms with van der Waals surface area (Å²) in [6, 6.07) is 3.40. The van der Waals surface area contributed by atoms with Crippen LogP contribution in [0.4, 0.5) is 42.1 Å². The van der Waals surface area contributed by atoms with E-state index in [1.807, 2.05) is 5.32 Å². The molecule has 0 aliphatic rings. The van der Waals surface area contributed by atoms with Gasteiger partial charge in [0.15, 0.2) is 0 Å². The highest BCUT2D eigenvalue weighted by molar-refractivity contribution is 6.04. The van der Waals surface area contributed by atoms with Gasteiger partial charge in [0.2, 0.25) is 0 Å². The normalized spacial score (nSPS) is 12.1. The maximum Gasteiger partial charge on any atom is 0.416 e. The van der Waals surface area contributed by atoms with Gasteiger partial charge in [0.1, 0.15) is 5.82 Å². The Morgan fingerprint density at radius 3 is 1.88 bits per heavy atom. The molecule has 3 nitrogen and oxygen atoms in total. The topological polar surface area (TPSA) is 55.1 Å². The van der Waals surface area contributed by atoms with E-state index in [2.05, 4.69) is 0 Å². The minimum absolute atomic E-state index is 0.0386. The zero-order valence-electron chi connectivity index (χ0n) is 12.1. The summed E-state index contributed by atoms with van der Waals surface area (Å²) in [4.78, 5) is 12.0. The smallest absolute Gasteiger partial charge is 0.399 e. The molecule has 0 heterocycles. The monoisotopic (exact) mass is 366 g/mol. The van der Waals surface area contributed by atoms with Gasteiger partial charge in [-0.25, -0.2) is 4.39 Å². The molecule has 0 atom stereocenters. The number of halogens is 7. The zero-order chi connectivity index (χ0) is 19.0. The number of nitrogens with two attached hydrogens (primary N) is 1. The summed E-state index contributed by atoms with van der Waals surface area (Å²) in [5.74, 6) is -2.30.